The van der Waals surface area contributed by atoms with Crippen LogP contribution in [0.2, 0.25) is 0 Å². The summed E-state index contributed by atoms with van der Waals surface area (Å²) in [6.45, 7) is 5.16. The second-order valence-electron chi connectivity index (χ2n) is 4.28. The number of rotatable bonds is 7. The molecular weight excluding hydrogens is 214 g/mol. The molecule has 0 aliphatic heterocycles. The molecule has 0 saturated heterocycles. The number of hydrogen-bond donors (Lipinski definition) is 1. The standard InChI is InChI=1S/C14H23NS/c1-3-16-8-7-14(11-15)10-13-6-4-5-12(2)9-13/h4-6,9,14H,3,7-8,10-11,15H2,1-2H3. The lowest BCUT2D eigenvalue weighted by Gasteiger charge is -2.14. The first kappa shape index (κ1) is 13.6. The van der Waals surface area contributed by atoms with E-state index in [-0.39, 0.29) is 0 Å². The van der Waals surface area contributed by atoms with Crippen LogP contribution in [0.3, 0.4) is 0 Å². The summed E-state index contributed by atoms with van der Waals surface area (Å²) in [5.41, 5.74) is 8.60. The molecule has 0 amide bonds. The van der Waals surface area contributed by atoms with Gasteiger partial charge < -0.3 is 5.73 Å². The zero-order chi connectivity index (χ0) is 11.8. The summed E-state index contributed by atoms with van der Waals surface area (Å²) in [6.07, 6.45) is 2.37. The molecule has 1 aromatic rings. The third-order valence-corrected chi connectivity index (χ3v) is 3.75. The van der Waals surface area contributed by atoms with Crippen molar-refractivity contribution in [1.82, 2.24) is 0 Å². The number of nitrogens with two attached hydrogens (primary N) is 1. The molecule has 1 atom stereocenters. The second kappa shape index (κ2) is 7.75. The zero-order valence-corrected chi connectivity index (χ0v) is 11.2. The Kier molecular flexibility index (Phi) is 6.58. The normalized spacial score (nSPS) is 12.7. The maximum Gasteiger partial charge on any atom is -0.00454 e. The van der Waals surface area contributed by atoms with E-state index in [9.17, 15) is 0 Å². The maximum absolute atomic E-state index is 5.83. The highest BCUT2D eigenvalue weighted by molar-refractivity contribution is 7.99. The summed E-state index contributed by atoms with van der Waals surface area (Å²) in [4.78, 5) is 0. The summed E-state index contributed by atoms with van der Waals surface area (Å²) in [5, 5.41) is 0. The van der Waals surface area contributed by atoms with Crippen molar-refractivity contribution >= 4 is 11.8 Å². The lowest BCUT2D eigenvalue weighted by atomic mass is 9.96. The molecule has 1 aromatic carbocycles. The molecule has 0 aromatic heterocycles. The third kappa shape index (κ3) is 5.04. The molecule has 0 spiro atoms. The fraction of sp³-hybridized carbons (Fsp3) is 0.571. The van der Waals surface area contributed by atoms with Crippen molar-refractivity contribution in [3.05, 3.63) is 35.4 Å². The van der Waals surface area contributed by atoms with Crippen LogP contribution in [-0.2, 0) is 6.42 Å². The smallest absolute Gasteiger partial charge is 0.00454 e. The second-order valence-corrected chi connectivity index (χ2v) is 5.67. The first-order valence-electron chi connectivity index (χ1n) is 6.09. The van der Waals surface area contributed by atoms with Crippen molar-refractivity contribution in [2.24, 2.45) is 11.7 Å². The van der Waals surface area contributed by atoms with Crippen LogP contribution in [-0.4, -0.2) is 18.1 Å². The van der Waals surface area contributed by atoms with E-state index in [2.05, 4.69) is 38.1 Å². The average Bonchev–Trinajstić information content (AvgIpc) is 2.28. The molecule has 0 bridgehead atoms. The van der Waals surface area contributed by atoms with Gasteiger partial charge in [0.05, 0.1) is 0 Å². The van der Waals surface area contributed by atoms with E-state index in [1.165, 1.54) is 29.1 Å². The summed E-state index contributed by atoms with van der Waals surface area (Å²) >= 11 is 2.01. The molecule has 2 N–H and O–H groups in total. The van der Waals surface area contributed by atoms with Crippen LogP contribution in [0.1, 0.15) is 24.5 Å². The van der Waals surface area contributed by atoms with Gasteiger partial charge in [-0.25, -0.2) is 0 Å². The number of hydrogen-bond acceptors (Lipinski definition) is 2. The van der Waals surface area contributed by atoms with Crippen molar-refractivity contribution in [1.29, 1.82) is 0 Å². The van der Waals surface area contributed by atoms with Gasteiger partial charge in [-0.15, -0.1) is 0 Å². The number of aryl methyl sites for hydroxylation is 1. The van der Waals surface area contributed by atoms with Crippen molar-refractivity contribution in [2.45, 2.75) is 26.7 Å². The Morgan fingerprint density at radius 2 is 2.19 bits per heavy atom. The lowest BCUT2D eigenvalue weighted by Crippen LogP contribution is -2.17. The van der Waals surface area contributed by atoms with Gasteiger partial charge in [0, 0.05) is 0 Å². The third-order valence-electron chi connectivity index (χ3n) is 2.81. The highest BCUT2D eigenvalue weighted by Crippen LogP contribution is 2.15. The topological polar surface area (TPSA) is 26.0 Å². The fourth-order valence-electron chi connectivity index (χ4n) is 1.87. The van der Waals surface area contributed by atoms with Gasteiger partial charge in [0.1, 0.15) is 0 Å². The van der Waals surface area contributed by atoms with Crippen LogP contribution >= 0.6 is 11.8 Å². The van der Waals surface area contributed by atoms with Gasteiger partial charge in [-0.05, 0) is 49.3 Å². The van der Waals surface area contributed by atoms with Crippen LogP contribution < -0.4 is 5.73 Å². The van der Waals surface area contributed by atoms with E-state index >= 15 is 0 Å². The Hall–Kier alpha value is -0.470. The molecule has 1 nitrogen and oxygen atoms in total. The van der Waals surface area contributed by atoms with Gasteiger partial charge in [0.2, 0.25) is 0 Å². The van der Waals surface area contributed by atoms with Crippen LogP contribution in [0.4, 0.5) is 0 Å². The summed E-state index contributed by atoms with van der Waals surface area (Å²) < 4.78 is 0. The van der Waals surface area contributed by atoms with E-state index in [1.807, 2.05) is 11.8 Å². The largest absolute Gasteiger partial charge is 0.330 e. The molecule has 1 unspecified atom stereocenters. The Bertz CT molecular complexity index is 299. The summed E-state index contributed by atoms with van der Waals surface area (Å²) in [6, 6.07) is 8.77. The van der Waals surface area contributed by atoms with Gasteiger partial charge in [0.15, 0.2) is 0 Å². The van der Waals surface area contributed by atoms with E-state index in [1.54, 1.807) is 0 Å². The summed E-state index contributed by atoms with van der Waals surface area (Å²) in [5.74, 6) is 3.09. The van der Waals surface area contributed by atoms with E-state index < -0.39 is 0 Å². The van der Waals surface area contributed by atoms with Gasteiger partial charge >= 0.3 is 0 Å². The monoisotopic (exact) mass is 237 g/mol. The molecule has 1 rings (SSSR count). The SMILES string of the molecule is CCSCCC(CN)Cc1cccc(C)c1. The Balaban J connectivity index is 2.43. The van der Waals surface area contributed by atoms with Crippen LogP contribution in [0.15, 0.2) is 24.3 Å². The Morgan fingerprint density at radius 3 is 2.81 bits per heavy atom. The average molecular weight is 237 g/mol. The molecular formula is C14H23NS. The minimum Gasteiger partial charge on any atom is -0.330 e. The Morgan fingerprint density at radius 1 is 1.38 bits per heavy atom. The van der Waals surface area contributed by atoms with E-state index in [4.69, 9.17) is 5.73 Å². The van der Waals surface area contributed by atoms with Crippen LogP contribution in [0.5, 0.6) is 0 Å². The van der Waals surface area contributed by atoms with E-state index in [0.29, 0.717) is 5.92 Å². The highest BCUT2D eigenvalue weighted by atomic mass is 32.2. The molecule has 0 aliphatic rings. The van der Waals surface area contributed by atoms with Gasteiger partial charge in [-0.1, -0.05) is 36.8 Å². The predicted molar refractivity (Wildman–Crippen MR) is 75.0 cm³/mol. The minimum absolute atomic E-state index is 0.640. The maximum atomic E-state index is 5.83. The quantitative estimate of drug-likeness (QED) is 0.737. The van der Waals surface area contributed by atoms with Gasteiger partial charge in [0.25, 0.3) is 0 Å². The molecule has 0 fully saturated rings. The van der Waals surface area contributed by atoms with E-state index in [0.717, 1.165) is 13.0 Å². The molecule has 16 heavy (non-hydrogen) atoms. The molecule has 90 valence electrons. The predicted octanol–water partition coefficient (Wildman–Crippen LogP) is 3.26. The molecule has 0 heterocycles. The molecule has 2 heteroatoms. The lowest BCUT2D eigenvalue weighted by molar-refractivity contribution is 0.523. The number of benzene rings is 1. The van der Waals surface area contributed by atoms with Crippen molar-refractivity contribution in [3.63, 3.8) is 0 Å². The minimum atomic E-state index is 0.640. The number of thioether (sulfide) groups is 1. The van der Waals surface area contributed by atoms with Crippen LogP contribution in [0, 0.1) is 12.8 Å². The van der Waals surface area contributed by atoms with Gasteiger partial charge in [-0.2, -0.15) is 11.8 Å². The molecule has 0 aliphatic carbocycles. The van der Waals surface area contributed by atoms with Crippen molar-refractivity contribution in [3.8, 4) is 0 Å². The van der Waals surface area contributed by atoms with Crippen molar-refractivity contribution in [2.75, 3.05) is 18.1 Å². The zero-order valence-electron chi connectivity index (χ0n) is 10.4. The van der Waals surface area contributed by atoms with Gasteiger partial charge in [-0.3, -0.25) is 0 Å². The van der Waals surface area contributed by atoms with Crippen LogP contribution in [0.25, 0.3) is 0 Å². The first-order chi connectivity index (χ1) is 7.76. The van der Waals surface area contributed by atoms with Crippen molar-refractivity contribution < 1.29 is 0 Å². The molecule has 0 saturated carbocycles. The fourth-order valence-corrected chi connectivity index (χ4v) is 2.66. The summed E-state index contributed by atoms with van der Waals surface area (Å²) in [7, 11) is 0. The highest BCUT2D eigenvalue weighted by Gasteiger charge is 2.07. The first-order valence-corrected chi connectivity index (χ1v) is 7.25. The molecule has 0 radical (unpaired) electrons. The Labute approximate surface area is 104 Å².